The predicted octanol–water partition coefficient (Wildman–Crippen LogP) is 1.69. The summed E-state index contributed by atoms with van der Waals surface area (Å²) >= 11 is 0. The van der Waals surface area contributed by atoms with Crippen LogP contribution in [0.1, 0.15) is 76.7 Å². The molecule has 2 aliphatic heterocycles. The van der Waals surface area contributed by atoms with E-state index in [1.54, 1.807) is 17.6 Å². The molecule has 4 atom stereocenters. The van der Waals surface area contributed by atoms with Gasteiger partial charge in [0.2, 0.25) is 23.6 Å². The van der Waals surface area contributed by atoms with E-state index in [9.17, 15) is 24.4 Å². The molecule has 0 saturated carbocycles. The van der Waals surface area contributed by atoms with Gasteiger partial charge in [0, 0.05) is 12.3 Å². The highest BCUT2D eigenvalue weighted by molar-refractivity contribution is 5.93. The van der Waals surface area contributed by atoms with Crippen LogP contribution in [0.2, 0.25) is 0 Å². The molecule has 0 spiro atoms. The van der Waals surface area contributed by atoms with Crippen LogP contribution in [-0.2, 0) is 25.6 Å². The molecule has 3 rings (SSSR count). The number of carbonyl (C=O) groups is 4. The van der Waals surface area contributed by atoms with E-state index < -0.39 is 47.5 Å². The standard InChI is InChI=1S/C28H45N5O6/c1-2-3-4-5-9-21-22(27(36)33-38)10-8-17-39-20-14-12-19(13-15-20)18-24(32-26(21)35)28(37)31-23(25(30)34)11-6-7-16-29/h12-15,21-24,38H,2-11,16-18,29H2,1H3,(H2,30,34)(H,31,37)(H,32,35)(H,33,36)/t21-,22+,23-,24+/m1/s1. The fourth-order valence-electron chi connectivity index (χ4n) is 4.89. The molecule has 2 aliphatic rings. The molecule has 2 bridgehead atoms. The molecule has 1 aromatic rings. The summed E-state index contributed by atoms with van der Waals surface area (Å²) in [4.78, 5) is 51.8. The third-order valence-corrected chi connectivity index (χ3v) is 7.17. The van der Waals surface area contributed by atoms with Crippen LogP contribution in [0.5, 0.6) is 5.75 Å². The summed E-state index contributed by atoms with van der Waals surface area (Å²) in [6, 6.07) is 5.30. The van der Waals surface area contributed by atoms with Gasteiger partial charge in [0.15, 0.2) is 0 Å². The fraction of sp³-hybridized carbons (Fsp3) is 0.643. The molecule has 218 valence electrons. The highest BCUT2D eigenvalue weighted by Crippen LogP contribution is 2.26. The van der Waals surface area contributed by atoms with Crippen molar-refractivity contribution in [2.24, 2.45) is 23.3 Å². The van der Waals surface area contributed by atoms with E-state index in [0.29, 0.717) is 57.4 Å². The molecule has 8 N–H and O–H groups in total. The first-order valence-electron chi connectivity index (χ1n) is 14.1. The van der Waals surface area contributed by atoms with Gasteiger partial charge in [-0.3, -0.25) is 24.4 Å². The lowest BCUT2D eigenvalue weighted by Crippen LogP contribution is -2.55. The van der Waals surface area contributed by atoms with E-state index in [2.05, 4.69) is 17.6 Å². The third kappa shape index (κ3) is 10.8. The van der Waals surface area contributed by atoms with Crippen molar-refractivity contribution in [2.75, 3.05) is 13.2 Å². The minimum atomic E-state index is -1.01. The second kappa shape index (κ2) is 17.4. The highest BCUT2D eigenvalue weighted by Gasteiger charge is 2.35. The summed E-state index contributed by atoms with van der Waals surface area (Å²) in [7, 11) is 0. The average molecular weight is 548 g/mol. The zero-order chi connectivity index (χ0) is 28.6. The summed E-state index contributed by atoms with van der Waals surface area (Å²) < 4.78 is 5.81. The van der Waals surface area contributed by atoms with E-state index in [0.717, 1.165) is 31.2 Å². The molecular weight excluding hydrogens is 502 g/mol. The molecule has 4 amide bonds. The minimum absolute atomic E-state index is 0.158. The van der Waals surface area contributed by atoms with Crippen molar-refractivity contribution in [2.45, 2.75) is 89.6 Å². The maximum Gasteiger partial charge on any atom is 0.247 e. The van der Waals surface area contributed by atoms with Crippen LogP contribution >= 0.6 is 0 Å². The summed E-state index contributed by atoms with van der Waals surface area (Å²) in [6.45, 7) is 2.89. The first-order valence-corrected chi connectivity index (χ1v) is 14.1. The van der Waals surface area contributed by atoms with Gasteiger partial charge in [-0.05, 0) is 62.8 Å². The lowest BCUT2D eigenvalue weighted by atomic mass is 9.82. The minimum Gasteiger partial charge on any atom is -0.494 e. The second-order valence-corrected chi connectivity index (χ2v) is 10.2. The second-order valence-electron chi connectivity index (χ2n) is 10.2. The molecule has 0 fully saturated rings. The number of amides is 4. The van der Waals surface area contributed by atoms with Crippen LogP contribution in [0, 0.1) is 11.8 Å². The largest absolute Gasteiger partial charge is 0.494 e. The molecule has 0 aromatic heterocycles. The summed E-state index contributed by atoms with van der Waals surface area (Å²) in [5.74, 6) is -3.21. The van der Waals surface area contributed by atoms with Crippen molar-refractivity contribution < 1.29 is 29.1 Å². The summed E-state index contributed by atoms with van der Waals surface area (Å²) in [5, 5.41) is 15.0. The Morgan fingerprint density at radius 1 is 1.10 bits per heavy atom. The summed E-state index contributed by atoms with van der Waals surface area (Å²) in [5.41, 5.74) is 13.6. The van der Waals surface area contributed by atoms with E-state index in [4.69, 9.17) is 16.2 Å². The van der Waals surface area contributed by atoms with Crippen LogP contribution in [0.4, 0.5) is 0 Å². The van der Waals surface area contributed by atoms with Crippen molar-refractivity contribution in [1.29, 1.82) is 0 Å². The van der Waals surface area contributed by atoms with Gasteiger partial charge in [0.1, 0.15) is 17.8 Å². The normalized spacial score (nSPS) is 20.7. The number of hydrogen-bond acceptors (Lipinski definition) is 7. The molecule has 1 aromatic carbocycles. The van der Waals surface area contributed by atoms with E-state index in [1.807, 2.05) is 12.1 Å². The lowest BCUT2D eigenvalue weighted by molar-refractivity contribution is -0.142. The van der Waals surface area contributed by atoms with Crippen LogP contribution in [0.25, 0.3) is 0 Å². The monoisotopic (exact) mass is 547 g/mol. The first kappa shape index (κ1) is 32.0. The number of unbranched alkanes of at least 4 members (excludes halogenated alkanes) is 4. The molecule has 0 saturated heterocycles. The zero-order valence-electron chi connectivity index (χ0n) is 23.0. The molecule has 0 unspecified atom stereocenters. The number of carbonyl (C=O) groups excluding carboxylic acids is 4. The van der Waals surface area contributed by atoms with Crippen LogP contribution in [-0.4, -0.2) is 54.1 Å². The Morgan fingerprint density at radius 3 is 2.49 bits per heavy atom. The smallest absolute Gasteiger partial charge is 0.247 e. The molecule has 11 nitrogen and oxygen atoms in total. The fourth-order valence-corrected chi connectivity index (χ4v) is 4.89. The van der Waals surface area contributed by atoms with Crippen molar-refractivity contribution in [1.82, 2.24) is 16.1 Å². The van der Waals surface area contributed by atoms with E-state index in [-0.39, 0.29) is 6.42 Å². The zero-order valence-corrected chi connectivity index (χ0v) is 23.0. The topological polar surface area (TPSA) is 186 Å². The summed E-state index contributed by atoms with van der Waals surface area (Å²) in [6.07, 6.45) is 6.66. The van der Waals surface area contributed by atoms with Crippen LogP contribution in [0.15, 0.2) is 24.3 Å². The SMILES string of the molecule is CCCCCC[C@H]1C(=O)N[C@H](C(=O)N[C@H](CCCCN)C(N)=O)Cc2ccc(cc2)OCCC[C@@H]1C(=O)NO. The Labute approximate surface area is 230 Å². The molecule has 39 heavy (non-hydrogen) atoms. The number of primary amides is 1. The molecule has 0 aliphatic carbocycles. The van der Waals surface area contributed by atoms with Crippen LogP contribution in [0.3, 0.4) is 0 Å². The van der Waals surface area contributed by atoms with Crippen molar-refractivity contribution in [3.05, 3.63) is 29.8 Å². The van der Waals surface area contributed by atoms with E-state index >= 15 is 0 Å². The Balaban J connectivity index is 2.36. The Bertz CT molecular complexity index is 926. The number of rotatable bonds is 13. The molecule has 0 radical (unpaired) electrons. The average Bonchev–Trinajstić information content (AvgIpc) is 2.92. The quantitative estimate of drug-likeness (QED) is 0.123. The third-order valence-electron chi connectivity index (χ3n) is 7.17. The Morgan fingerprint density at radius 2 is 1.85 bits per heavy atom. The van der Waals surface area contributed by atoms with Gasteiger partial charge in [0.25, 0.3) is 0 Å². The number of fused-ring (bicyclic) bond motifs is 11. The molecule has 2 heterocycles. The van der Waals surface area contributed by atoms with Gasteiger partial charge >= 0.3 is 0 Å². The van der Waals surface area contributed by atoms with Gasteiger partial charge < -0.3 is 26.8 Å². The van der Waals surface area contributed by atoms with Crippen molar-refractivity contribution >= 4 is 23.6 Å². The number of nitrogens with two attached hydrogens (primary N) is 2. The van der Waals surface area contributed by atoms with Crippen molar-refractivity contribution in [3.63, 3.8) is 0 Å². The van der Waals surface area contributed by atoms with Gasteiger partial charge in [-0.2, -0.15) is 0 Å². The lowest BCUT2D eigenvalue weighted by Gasteiger charge is -2.28. The number of benzene rings is 1. The van der Waals surface area contributed by atoms with E-state index in [1.165, 1.54) is 0 Å². The maximum atomic E-state index is 13.7. The number of hydroxylamine groups is 1. The number of nitrogens with one attached hydrogen (secondary N) is 3. The Hall–Kier alpha value is -3.18. The molecular formula is C28H45N5O6. The maximum absolute atomic E-state index is 13.7. The predicted molar refractivity (Wildman–Crippen MR) is 147 cm³/mol. The Kier molecular flexibility index (Phi) is 14.3. The molecule has 11 heteroatoms. The highest BCUT2D eigenvalue weighted by atomic mass is 16.5. The van der Waals surface area contributed by atoms with Gasteiger partial charge in [-0.1, -0.05) is 44.7 Å². The number of ether oxygens (including phenoxy) is 1. The van der Waals surface area contributed by atoms with Crippen LogP contribution < -0.4 is 32.3 Å². The van der Waals surface area contributed by atoms with Gasteiger partial charge in [0.05, 0.1) is 12.5 Å². The van der Waals surface area contributed by atoms with Gasteiger partial charge in [-0.15, -0.1) is 0 Å². The first-order chi connectivity index (χ1) is 18.8. The van der Waals surface area contributed by atoms with Crippen molar-refractivity contribution in [3.8, 4) is 5.75 Å². The number of hydrogen-bond donors (Lipinski definition) is 6. The van der Waals surface area contributed by atoms with Gasteiger partial charge in [-0.25, -0.2) is 5.48 Å².